The zero-order chi connectivity index (χ0) is 17.3. The Bertz CT molecular complexity index is 497. The first-order valence-corrected chi connectivity index (χ1v) is 7.81. The topological polar surface area (TPSA) is 70.9 Å². The number of guanidine groups is 1. The van der Waals surface area contributed by atoms with E-state index in [0.717, 1.165) is 19.0 Å². The molecule has 1 aromatic rings. The van der Waals surface area contributed by atoms with Gasteiger partial charge < -0.3 is 24.8 Å². The lowest BCUT2D eigenvalue weighted by atomic mass is 10.2. The van der Waals surface area contributed by atoms with Crippen LogP contribution in [0.15, 0.2) is 29.5 Å². The minimum Gasteiger partial charge on any atom is -0.444 e. The van der Waals surface area contributed by atoms with Crippen LogP contribution >= 0.6 is 24.0 Å². The number of hydrogen-bond donors (Lipinski definition) is 2. The summed E-state index contributed by atoms with van der Waals surface area (Å²) in [5.74, 6) is 0.717. The number of carbonyl (C=O) groups excluding carboxylic acids is 1. The van der Waals surface area contributed by atoms with Gasteiger partial charge >= 0.3 is 6.09 Å². The molecule has 0 radical (unpaired) electrons. The molecule has 2 N–H and O–H groups in total. The molecule has 0 unspecified atom stereocenters. The van der Waals surface area contributed by atoms with Crippen molar-refractivity contribution in [3.05, 3.63) is 24.5 Å². The summed E-state index contributed by atoms with van der Waals surface area (Å²) >= 11 is 0. The summed E-state index contributed by atoms with van der Waals surface area (Å²) in [7, 11) is 3.45. The molecule has 7 nitrogen and oxygen atoms in total. The van der Waals surface area contributed by atoms with Crippen molar-refractivity contribution in [1.82, 2.24) is 20.1 Å². The number of aliphatic imine (C=N–C) groups is 1. The van der Waals surface area contributed by atoms with E-state index in [4.69, 9.17) is 4.74 Å². The number of hydrogen-bond acceptors (Lipinski definition) is 3. The minimum atomic E-state index is -0.477. The molecule has 0 spiro atoms. The molecular formula is C16H30IN5O2. The zero-order valence-corrected chi connectivity index (χ0v) is 17.5. The first-order chi connectivity index (χ1) is 10.8. The molecule has 138 valence electrons. The van der Waals surface area contributed by atoms with Gasteiger partial charge in [0, 0.05) is 52.7 Å². The SMILES string of the molecule is CN=C(NCCN(C)C(=O)OC(C)(C)C)NCCn1cccc1.I. The van der Waals surface area contributed by atoms with Crippen LogP contribution in [0.2, 0.25) is 0 Å². The molecule has 0 aliphatic heterocycles. The quantitative estimate of drug-likeness (QED) is 0.395. The number of likely N-dealkylation sites (N-methyl/N-ethyl adjacent to an activating group) is 1. The maximum atomic E-state index is 11.8. The molecular weight excluding hydrogens is 421 g/mol. The van der Waals surface area contributed by atoms with Crippen molar-refractivity contribution < 1.29 is 9.53 Å². The number of carbonyl (C=O) groups is 1. The third-order valence-electron chi connectivity index (χ3n) is 3.00. The monoisotopic (exact) mass is 451 g/mol. The molecule has 0 fully saturated rings. The second kappa shape index (κ2) is 11.2. The second-order valence-electron chi connectivity index (χ2n) is 6.25. The van der Waals surface area contributed by atoms with Gasteiger partial charge in [-0.2, -0.15) is 0 Å². The average molecular weight is 451 g/mol. The molecule has 1 heterocycles. The summed E-state index contributed by atoms with van der Waals surface area (Å²) in [6.07, 6.45) is 3.72. The summed E-state index contributed by atoms with van der Waals surface area (Å²) in [5.41, 5.74) is -0.477. The van der Waals surface area contributed by atoms with Gasteiger partial charge in [0.1, 0.15) is 5.60 Å². The van der Waals surface area contributed by atoms with Gasteiger partial charge in [-0.25, -0.2) is 4.79 Å². The Hall–Kier alpha value is -1.45. The van der Waals surface area contributed by atoms with Crippen LogP contribution in [0.5, 0.6) is 0 Å². The number of amides is 1. The van der Waals surface area contributed by atoms with E-state index >= 15 is 0 Å². The molecule has 0 saturated heterocycles. The van der Waals surface area contributed by atoms with E-state index in [1.807, 2.05) is 45.3 Å². The lowest BCUT2D eigenvalue weighted by Crippen LogP contribution is -2.43. The van der Waals surface area contributed by atoms with Crippen LogP contribution in [0, 0.1) is 0 Å². The summed E-state index contributed by atoms with van der Waals surface area (Å²) in [6, 6.07) is 4.00. The van der Waals surface area contributed by atoms with Crippen LogP contribution in [-0.2, 0) is 11.3 Å². The predicted molar refractivity (Wildman–Crippen MR) is 108 cm³/mol. The highest BCUT2D eigenvalue weighted by Crippen LogP contribution is 2.08. The molecule has 0 aliphatic carbocycles. The van der Waals surface area contributed by atoms with E-state index < -0.39 is 5.60 Å². The van der Waals surface area contributed by atoms with Crippen molar-refractivity contribution in [3.8, 4) is 0 Å². The van der Waals surface area contributed by atoms with Crippen LogP contribution in [0.3, 0.4) is 0 Å². The fourth-order valence-corrected chi connectivity index (χ4v) is 1.82. The zero-order valence-electron chi connectivity index (χ0n) is 15.2. The number of nitrogens with zero attached hydrogens (tertiary/aromatic N) is 3. The maximum absolute atomic E-state index is 11.8. The molecule has 0 aliphatic rings. The van der Waals surface area contributed by atoms with Crippen molar-refractivity contribution in [1.29, 1.82) is 0 Å². The molecule has 1 amide bonds. The molecule has 0 atom stereocenters. The first kappa shape index (κ1) is 22.6. The fourth-order valence-electron chi connectivity index (χ4n) is 1.82. The minimum absolute atomic E-state index is 0. The first-order valence-electron chi connectivity index (χ1n) is 7.81. The number of nitrogens with one attached hydrogen (secondary N) is 2. The van der Waals surface area contributed by atoms with Gasteiger partial charge in [-0.1, -0.05) is 0 Å². The number of ether oxygens (including phenoxy) is 1. The summed E-state index contributed by atoms with van der Waals surface area (Å²) in [6.45, 7) is 8.34. The predicted octanol–water partition coefficient (Wildman–Crippen LogP) is 2.14. The molecule has 1 rings (SSSR count). The van der Waals surface area contributed by atoms with Gasteiger partial charge in [-0.15, -0.1) is 24.0 Å². The largest absolute Gasteiger partial charge is 0.444 e. The maximum Gasteiger partial charge on any atom is 0.410 e. The summed E-state index contributed by atoms with van der Waals surface area (Å²) in [5, 5.41) is 6.41. The van der Waals surface area contributed by atoms with Crippen molar-refractivity contribution in [3.63, 3.8) is 0 Å². The van der Waals surface area contributed by atoms with E-state index in [1.165, 1.54) is 0 Å². The second-order valence-corrected chi connectivity index (χ2v) is 6.25. The van der Waals surface area contributed by atoms with Crippen molar-refractivity contribution in [2.45, 2.75) is 32.9 Å². The van der Waals surface area contributed by atoms with Gasteiger partial charge in [0.15, 0.2) is 5.96 Å². The Morgan fingerprint density at radius 2 is 1.79 bits per heavy atom. The molecule has 0 saturated carbocycles. The lowest BCUT2D eigenvalue weighted by Gasteiger charge is -2.24. The number of rotatable bonds is 6. The van der Waals surface area contributed by atoms with E-state index in [0.29, 0.717) is 13.1 Å². The van der Waals surface area contributed by atoms with Crippen molar-refractivity contribution >= 4 is 36.0 Å². The Balaban J connectivity index is 0.00000529. The van der Waals surface area contributed by atoms with Gasteiger partial charge in [-0.05, 0) is 32.9 Å². The van der Waals surface area contributed by atoms with E-state index in [2.05, 4.69) is 20.2 Å². The normalized spacial score (nSPS) is 11.5. The Morgan fingerprint density at radius 3 is 2.33 bits per heavy atom. The van der Waals surface area contributed by atoms with Gasteiger partial charge in [0.2, 0.25) is 0 Å². The Labute approximate surface area is 161 Å². The molecule has 8 heteroatoms. The Morgan fingerprint density at radius 1 is 1.21 bits per heavy atom. The Kier molecular flexibility index (Phi) is 10.5. The van der Waals surface area contributed by atoms with Crippen LogP contribution in [-0.4, -0.2) is 60.9 Å². The number of aromatic nitrogens is 1. The highest BCUT2D eigenvalue weighted by molar-refractivity contribution is 14.0. The highest BCUT2D eigenvalue weighted by atomic mass is 127. The average Bonchev–Trinajstić information content (AvgIpc) is 2.96. The van der Waals surface area contributed by atoms with Gasteiger partial charge in [0.05, 0.1) is 0 Å². The van der Waals surface area contributed by atoms with Crippen LogP contribution in [0.1, 0.15) is 20.8 Å². The molecule has 0 aromatic carbocycles. The van der Waals surface area contributed by atoms with E-state index in [-0.39, 0.29) is 30.1 Å². The third kappa shape index (κ3) is 9.64. The van der Waals surface area contributed by atoms with Gasteiger partial charge in [0.25, 0.3) is 0 Å². The molecule has 24 heavy (non-hydrogen) atoms. The van der Waals surface area contributed by atoms with Crippen molar-refractivity contribution in [2.75, 3.05) is 33.7 Å². The number of halogens is 1. The third-order valence-corrected chi connectivity index (χ3v) is 3.00. The lowest BCUT2D eigenvalue weighted by molar-refractivity contribution is 0.0302. The smallest absolute Gasteiger partial charge is 0.410 e. The van der Waals surface area contributed by atoms with Crippen molar-refractivity contribution in [2.24, 2.45) is 4.99 Å². The van der Waals surface area contributed by atoms with Gasteiger partial charge in [-0.3, -0.25) is 4.99 Å². The summed E-state index contributed by atoms with van der Waals surface area (Å²) < 4.78 is 7.39. The van der Waals surface area contributed by atoms with Crippen LogP contribution < -0.4 is 10.6 Å². The summed E-state index contributed by atoms with van der Waals surface area (Å²) in [4.78, 5) is 17.5. The van der Waals surface area contributed by atoms with Crippen LogP contribution in [0.25, 0.3) is 0 Å². The fraction of sp³-hybridized carbons (Fsp3) is 0.625. The van der Waals surface area contributed by atoms with E-state index in [9.17, 15) is 4.79 Å². The highest BCUT2D eigenvalue weighted by Gasteiger charge is 2.19. The van der Waals surface area contributed by atoms with E-state index in [1.54, 1.807) is 19.0 Å². The molecule has 0 bridgehead atoms. The standard InChI is InChI=1S/C16H29N5O2.HI/c1-16(2,3)23-15(22)20(5)12-8-18-14(17-4)19-9-13-21-10-6-7-11-21;/h6-7,10-11H,8-9,12-13H2,1-5H3,(H2,17,18,19);1H. The molecule has 1 aromatic heterocycles. The van der Waals surface area contributed by atoms with Crippen LogP contribution in [0.4, 0.5) is 4.79 Å².